The molecule has 0 bridgehead atoms. The fraction of sp³-hybridized carbons (Fsp3) is 0.143. The molecule has 56 valence electrons. The van der Waals surface area contributed by atoms with Gasteiger partial charge in [-0.1, -0.05) is 0 Å². The molecule has 2 aromatic heterocycles. The second-order valence-corrected chi connectivity index (χ2v) is 4.55. The smallest absolute Gasteiger partial charge is 0.171 e. The third-order valence-corrected chi connectivity index (χ3v) is 2.83. The van der Waals surface area contributed by atoms with E-state index in [1.54, 1.807) is 11.3 Å². The largest absolute Gasteiger partial charge is 0.233 e. The van der Waals surface area contributed by atoms with E-state index in [4.69, 9.17) is 0 Å². The molecule has 0 N–H and O–H groups in total. The maximum Gasteiger partial charge on any atom is 0.171 e. The van der Waals surface area contributed by atoms with Crippen molar-refractivity contribution in [3.05, 3.63) is 21.7 Å². The predicted molar refractivity (Wildman–Crippen MR) is 49.9 cm³/mol. The zero-order valence-electron chi connectivity index (χ0n) is 5.84. The topological polar surface area (TPSA) is 25.8 Å². The van der Waals surface area contributed by atoms with Crippen molar-refractivity contribution in [2.24, 2.45) is 0 Å². The van der Waals surface area contributed by atoms with E-state index in [0.29, 0.717) is 0 Å². The summed E-state index contributed by atoms with van der Waals surface area (Å²) < 4.78 is 2.02. The van der Waals surface area contributed by atoms with Crippen molar-refractivity contribution in [2.45, 2.75) is 6.92 Å². The fourth-order valence-electron chi connectivity index (χ4n) is 0.887. The maximum absolute atomic E-state index is 4.27. The third kappa shape index (κ3) is 1.28. The third-order valence-electron chi connectivity index (χ3n) is 1.37. The summed E-state index contributed by atoms with van der Waals surface area (Å²) in [5.41, 5.74) is 1.84. The lowest BCUT2D eigenvalue weighted by Crippen LogP contribution is -1.79. The second-order valence-electron chi connectivity index (χ2n) is 2.24. The number of thiazole rings is 1. The molecular weight excluding hydrogens is 224 g/mol. The Bertz CT molecular complexity index is 396. The van der Waals surface area contributed by atoms with Crippen molar-refractivity contribution in [3.8, 4) is 0 Å². The molecule has 0 radical (unpaired) electrons. The van der Waals surface area contributed by atoms with Crippen molar-refractivity contribution in [3.63, 3.8) is 0 Å². The Balaban J connectivity index is 2.82. The average Bonchev–Trinajstić information content (AvgIpc) is 2.27. The minimum absolute atomic E-state index is 0.835. The minimum atomic E-state index is 0.835. The Morgan fingerprint density at radius 2 is 2.18 bits per heavy atom. The van der Waals surface area contributed by atoms with Crippen LogP contribution in [0.4, 0.5) is 0 Å². The van der Waals surface area contributed by atoms with Crippen LogP contribution in [0.25, 0.3) is 10.3 Å². The van der Waals surface area contributed by atoms with E-state index < -0.39 is 0 Å². The molecule has 0 aliphatic carbocycles. The number of halogens is 1. The Morgan fingerprint density at radius 1 is 1.36 bits per heavy atom. The van der Waals surface area contributed by atoms with Crippen LogP contribution in [0.1, 0.15) is 5.69 Å². The quantitative estimate of drug-likeness (QED) is 0.694. The van der Waals surface area contributed by atoms with Crippen LogP contribution in [0.5, 0.6) is 0 Å². The minimum Gasteiger partial charge on any atom is -0.233 e. The lowest BCUT2D eigenvalue weighted by molar-refractivity contribution is 1.22. The Morgan fingerprint density at radius 3 is 3.00 bits per heavy atom. The first-order valence-corrected chi connectivity index (χ1v) is 4.76. The van der Waals surface area contributed by atoms with E-state index in [-0.39, 0.29) is 0 Å². The summed E-state index contributed by atoms with van der Waals surface area (Å²) >= 11 is 4.92. The maximum atomic E-state index is 4.27. The summed E-state index contributed by atoms with van der Waals surface area (Å²) in [5, 5.41) is 0. The molecule has 2 rings (SSSR count). The fourth-order valence-corrected chi connectivity index (χ4v) is 2.21. The van der Waals surface area contributed by atoms with Crippen LogP contribution in [-0.2, 0) is 0 Å². The van der Waals surface area contributed by atoms with Gasteiger partial charge < -0.3 is 0 Å². The molecular formula is C7H5BrN2S. The van der Waals surface area contributed by atoms with Crippen LogP contribution in [0.15, 0.2) is 16.0 Å². The summed E-state index contributed by atoms with van der Waals surface area (Å²) in [6.07, 6.45) is 0. The molecule has 0 aliphatic rings. The molecule has 0 aliphatic heterocycles. The van der Waals surface area contributed by atoms with E-state index in [1.807, 2.05) is 19.1 Å². The van der Waals surface area contributed by atoms with E-state index in [2.05, 4.69) is 25.9 Å². The molecule has 0 spiro atoms. The molecule has 0 amide bonds. The van der Waals surface area contributed by atoms with Crippen molar-refractivity contribution < 1.29 is 0 Å². The van der Waals surface area contributed by atoms with Crippen LogP contribution in [0, 0.1) is 6.92 Å². The van der Waals surface area contributed by atoms with Gasteiger partial charge in [0.1, 0.15) is 0 Å². The van der Waals surface area contributed by atoms with E-state index >= 15 is 0 Å². The normalized spacial score (nSPS) is 10.7. The number of fused-ring (bicyclic) bond motifs is 1. The van der Waals surface area contributed by atoms with Gasteiger partial charge in [-0.05, 0) is 35.0 Å². The van der Waals surface area contributed by atoms with Crippen LogP contribution in [-0.4, -0.2) is 9.97 Å². The first kappa shape index (κ1) is 7.18. The molecule has 0 atom stereocenters. The van der Waals surface area contributed by atoms with Gasteiger partial charge in [0, 0.05) is 5.69 Å². The highest BCUT2D eigenvalue weighted by Crippen LogP contribution is 2.24. The van der Waals surface area contributed by atoms with Gasteiger partial charge in [-0.25, -0.2) is 9.97 Å². The number of pyridine rings is 1. The predicted octanol–water partition coefficient (Wildman–Crippen LogP) is 2.76. The van der Waals surface area contributed by atoms with Crippen molar-refractivity contribution in [2.75, 3.05) is 0 Å². The van der Waals surface area contributed by atoms with Crippen molar-refractivity contribution in [1.82, 2.24) is 9.97 Å². The van der Waals surface area contributed by atoms with Gasteiger partial charge in [0.25, 0.3) is 0 Å². The van der Waals surface area contributed by atoms with Crippen molar-refractivity contribution >= 4 is 37.6 Å². The SMILES string of the molecule is Cc1ccc2sc(Br)nc2n1. The van der Waals surface area contributed by atoms with Gasteiger partial charge in [0.05, 0.1) is 4.70 Å². The van der Waals surface area contributed by atoms with E-state index in [0.717, 1.165) is 20.0 Å². The summed E-state index contributed by atoms with van der Waals surface area (Å²) in [6, 6.07) is 4.03. The molecule has 0 aromatic carbocycles. The molecule has 0 unspecified atom stereocenters. The van der Waals surface area contributed by atoms with Crippen LogP contribution < -0.4 is 0 Å². The van der Waals surface area contributed by atoms with Gasteiger partial charge in [-0.3, -0.25) is 0 Å². The number of hydrogen-bond donors (Lipinski definition) is 0. The first-order chi connectivity index (χ1) is 5.25. The Labute approximate surface area is 76.4 Å². The summed E-state index contributed by atoms with van der Waals surface area (Å²) in [6.45, 7) is 1.96. The average molecular weight is 229 g/mol. The number of hydrogen-bond acceptors (Lipinski definition) is 3. The molecule has 0 saturated heterocycles. The van der Waals surface area contributed by atoms with Gasteiger partial charge in [0.2, 0.25) is 0 Å². The number of aromatic nitrogens is 2. The van der Waals surface area contributed by atoms with E-state index in [1.165, 1.54) is 0 Å². The monoisotopic (exact) mass is 228 g/mol. The molecule has 4 heteroatoms. The highest BCUT2D eigenvalue weighted by molar-refractivity contribution is 9.11. The number of rotatable bonds is 0. The van der Waals surface area contributed by atoms with Gasteiger partial charge in [0.15, 0.2) is 9.56 Å². The zero-order chi connectivity index (χ0) is 7.84. The number of nitrogens with zero attached hydrogens (tertiary/aromatic N) is 2. The Hall–Kier alpha value is -0.480. The molecule has 0 fully saturated rings. The molecule has 2 aromatic rings. The summed E-state index contributed by atoms with van der Waals surface area (Å²) in [5.74, 6) is 0. The molecule has 2 nitrogen and oxygen atoms in total. The standard InChI is InChI=1S/C7H5BrN2S/c1-4-2-3-5-6(9-4)10-7(8)11-5/h2-3H,1H3. The highest BCUT2D eigenvalue weighted by Gasteiger charge is 2.00. The summed E-state index contributed by atoms with van der Waals surface area (Å²) in [7, 11) is 0. The second kappa shape index (κ2) is 2.53. The Kier molecular flexibility index (Phi) is 1.65. The summed E-state index contributed by atoms with van der Waals surface area (Å²) in [4.78, 5) is 8.46. The number of aryl methyl sites for hydroxylation is 1. The molecule has 0 saturated carbocycles. The first-order valence-electron chi connectivity index (χ1n) is 3.15. The van der Waals surface area contributed by atoms with Crippen molar-refractivity contribution in [1.29, 1.82) is 0 Å². The van der Waals surface area contributed by atoms with Gasteiger partial charge >= 0.3 is 0 Å². The highest BCUT2D eigenvalue weighted by atomic mass is 79.9. The van der Waals surface area contributed by atoms with Gasteiger partial charge in [-0.15, -0.1) is 11.3 Å². The molecule has 11 heavy (non-hydrogen) atoms. The van der Waals surface area contributed by atoms with E-state index in [9.17, 15) is 0 Å². The van der Waals surface area contributed by atoms with Gasteiger partial charge in [-0.2, -0.15) is 0 Å². The zero-order valence-corrected chi connectivity index (χ0v) is 8.24. The van der Waals surface area contributed by atoms with Crippen LogP contribution in [0.3, 0.4) is 0 Å². The lowest BCUT2D eigenvalue weighted by atomic mass is 10.4. The van der Waals surface area contributed by atoms with Crippen LogP contribution >= 0.6 is 27.3 Å². The lowest BCUT2D eigenvalue weighted by Gasteiger charge is -1.87. The van der Waals surface area contributed by atoms with Crippen LogP contribution in [0.2, 0.25) is 0 Å². The molecule has 2 heterocycles.